The van der Waals surface area contributed by atoms with Gasteiger partial charge in [0.1, 0.15) is 11.3 Å². The number of anilines is 1. The van der Waals surface area contributed by atoms with E-state index in [1.54, 1.807) is 4.90 Å². The van der Waals surface area contributed by atoms with Gasteiger partial charge in [0.25, 0.3) is 5.91 Å². The van der Waals surface area contributed by atoms with Crippen LogP contribution in [0.3, 0.4) is 0 Å². The molecule has 2 amide bonds. The largest absolute Gasteiger partial charge is 0.378 e. The number of nitrogens with one attached hydrogen (secondary N) is 2. The Morgan fingerprint density at radius 1 is 1.27 bits per heavy atom. The molecule has 3 heterocycles. The molecule has 4 rings (SSSR count). The molecule has 30 heavy (non-hydrogen) atoms. The Balaban J connectivity index is 1.61. The number of aromatic amines is 1. The van der Waals surface area contributed by atoms with Gasteiger partial charge in [0, 0.05) is 18.0 Å². The highest BCUT2D eigenvalue weighted by Gasteiger charge is 2.28. The first-order valence-corrected chi connectivity index (χ1v) is 11.3. The highest BCUT2D eigenvalue weighted by molar-refractivity contribution is 7.99. The number of nitrogens with zero attached hydrogens (tertiary/aromatic N) is 3. The lowest BCUT2D eigenvalue weighted by Gasteiger charge is -2.27. The molecule has 0 unspecified atom stereocenters. The lowest BCUT2D eigenvalue weighted by Crippen LogP contribution is -2.41. The molecule has 10 heteroatoms. The van der Waals surface area contributed by atoms with Gasteiger partial charge in [-0.15, -0.1) is 11.3 Å². The second kappa shape index (κ2) is 9.41. The normalized spacial score (nSPS) is 14.0. The zero-order valence-electron chi connectivity index (χ0n) is 16.4. The first-order chi connectivity index (χ1) is 14.6. The van der Waals surface area contributed by atoms with Gasteiger partial charge in [0.2, 0.25) is 5.91 Å². The van der Waals surface area contributed by atoms with E-state index in [4.69, 9.17) is 4.74 Å². The maximum atomic E-state index is 13.3. The molecular weight excluding hydrogens is 422 g/mol. The molecule has 156 valence electrons. The number of carbonyl (C=O) groups excluding carboxylic acids is 2. The first kappa shape index (κ1) is 20.6. The van der Waals surface area contributed by atoms with E-state index in [1.807, 2.05) is 37.3 Å². The summed E-state index contributed by atoms with van der Waals surface area (Å²) in [5, 5.41) is 10.6. The van der Waals surface area contributed by atoms with Crippen molar-refractivity contribution >= 4 is 39.9 Å². The Morgan fingerprint density at radius 2 is 2.03 bits per heavy atom. The molecule has 0 saturated carbocycles. The highest BCUT2D eigenvalue weighted by atomic mass is 32.2. The number of morpholine rings is 1. The van der Waals surface area contributed by atoms with Crippen molar-refractivity contribution in [3.8, 4) is 10.4 Å². The first-order valence-electron chi connectivity index (χ1n) is 9.47. The van der Waals surface area contributed by atoms with Crippen LogP contribution in [0, 0.1) is 6.92 Å². The molecule has 2 aromatic heterocycles. The second-order valence-corrected chi connectivity index (χ2v) is 8.64. The Morgan fingerprint density at radius 3 is 2.73 bits per heavy atom. The van der Waals surface area contributed by atoms with Crippen molar-refractivity contribution in [1.29, 1.82) is 0 Å². The van der Waals surface area contributed by atoms with Crippen LogP contribution in [0.2, 0.25) is 0 Å². The Bertz CT molecular complexity index is 1010. The van der Waals surface area contributed by atoms with E-state index in [-0.39, 0.29) is 17.6 Å². The Kier molecular flexibility index (Phi) is 6.46. The van der Waals surface area contributed by atoms with Crippen LogP contribution in [0.25, 0.3) is 10.4 Å². The SMILES string of the molecule is Cc1c(-c2ccccc2)sc(NC(=O)CSc2ncn[nH]2)c1C(=O)N1CCOCC1. The zero-order chi connectivity index (χ0) is 20.9. The summed E-state index contributed by atoms with van der Waals surface area (Å²) in [5.41, 5.74) is 2.45. The highest BCUT2D eigenvalue weighted by Crippen LogP contribution is 2.40. The van der Waals surface area contributed by atoms with Gasteiger partial charge in [-0.1, -0.05) is 42.1 Å². The van der Waals surface area contributed by atoms with E-state index in [9.17, 15) is 9.59 Å². The van der Waals surface area contributed by atoms with Crippen LogP contribution in [0.15, 0.2) is 41.8 Å². The third-order valence-corrected chi connectivity index (χ3v) is 6.81. The number of thioether (sulfide) groups is 1. The number of amides is 2. The average Bonchev–Trinajstić information content (AvgIpc) is 3.41. The summed E-state index contributed by atoms with van der Waals surface area (Å²) in [7, 11) is 0. The van der Waals surface area contributed by atoms with Crippen LogP contribution in [-0.4, -0.2) is 64.0 Å². The van der Waals surface area contributed by atoms with E-state index >= 15 is 0 Å². The third kappa shape index (κ3) is 4.55. The van der Waals surface area contributed by atoms with Gasteiger partial charge in [-0.25, -0.2) is 4.98 Å². The molecule has 0 spiro atoms. The quantitative estimate of drug-likeness (QED) is 0.568. The van der Waals surface area contributed by atoms with Crippen molar-refractivity contribution in [3.63, 3.8) is 0 Å². The summed E-state index contributed by atoms with van der Waals surface area (Å²) < 4.78 is 5.37. The molecule has 1 fully saturated rings. The van der Waals surface area contributed by atoms with E-state index in [0.717, 1.165) is 16.0 Å². The van der Waals surface area contributed by atoms with Gasteiger partial charge in [0.15, 0.2) is 5.16 Å². The molecule has 1 aliphatic rings. The maximum absolute atomic E-state index is 13.3. The summed E-state index contributed by atoms with van der Waals surface area (Å²) in [6.45, 7) is 4.07. The zero-order valence-corrected chi connectivity index (χ0v) is 18.0. The van der Waals surface area contributed by atoms with Crippen molar-refractivity contribution in [1.82, 2.24) is 20.1 Å². The average molecular weight is 444 g/mol. The van der Waals surface area contributed by atoms with Gasteiger partial charge in [-0.3, -0.25) is 14.7 Å². The van der Waals surface area contributed by atoms with Crippen LogP contribution in [0.1, 0.15) is 15.9 Å². The van der Waals surface area contributed by atoms with Crippen LogP contribution >= 0.6 is 23.1 Å². The second-order valence-electron chi connectivity index (χ2n) is 6.66. The molecule has 0 atom stereocenters. The maximum Gasteiger partial charge on any atom is 0.257 e. The number of thiophene rings is 1. The van der Waals surface area contributed by atoms with Gasteiger partial charge >= 0.3 is 0 Å². The Hall–Kier alpha value is -2.69. The van der Waals surface area contributed by atoms with Crippen LogP contribution < -0.4 is 5.32 Å². The van der Waals surface area contributed by atoms with E-state index in [0.29, 0.717) is 42.0 Å². The molecular formula is C20H21N5O3S2. The van der Waals surface area contributed by atoms with Gasteiger partial charge in [-0.05, 0) is 18.1 Å². The molecule has 1 aromatic carbocycles. The standard InChI is InChI=1S/C20H21N5O3S2/c1-13-16(19(27)25-7-9-28-10-8-25)18(30-17(13)14-5-3-2-4-6-14)23-15(26)11-29-20-21-12-22-24-20/h2-6,12H,7-11H2,1H3,(H,23,26)(H,21,22,24). The number of rotatable bonds is 6. The monoisotopic (exact) mass is 443 g/mol. The number of H-pyrrole nitrogens is 1. The van der Waals surface area contributed by atoms with Crippen molar-refractivity contribution in [2.24, 2.45) is 0 Å². The summed E-state index contributed by atoms with van der Waals surface area (Å²) in [6, 6.07) is 9.89. The molecule has 0 aliphatic carbocycles. The van der Waals surface area contributed by atoms with Gasteiger partial charge in [-0.2, -0.15) is 5.10 Å². The fraction of sp³-hybridized carbons (Fsp3) is 0.300. The van der Waals surface area contributed by atoms with Gasteiger partial charge < -0.3 is 15.0 Å². The summed E-state index contributed by atoms with van der Waals surface area (Å²) >= 11 is 2.68. The fourth-order valence-corrected chi connectivity index (χ4v) is 5.01. The molecule has 0 bridgehead atoms. The van der Waals surface area contributed by atoms with E-state index < -0.39 is 0 Å². The number of benzene rings is 1. The van der Waals surface area contributed by atoms with Crippen LogP contribution in [0.4, 0.5) is 5.00 Å². The molecule has 1 aliphatic heterocycles. The fourth-order valence-electron chi connectivity index (χ4n) is 3.21. The van der Waals surface area contributed by atoms with Gasteiger partial charge in [0.05, 0.1) is 24.5 Å². The number of aromatic nitrogens is 3. The summed E-state index contributed by atoms with van der Waals surface area (Å²) in [5.74, 6) is -0.112. The minimum atomic E-state index is -0.201. The predicted octanol–water partition coefficient (Wildman–Crippen LogP) is 3.04. The number of carbonyl (C=O) groups is 2. The number of hydrogen-bond donors (Lipinski definition) is 2. The molecule has 8 nitrogen and oxygen atoms in total. The minimum Gasteiger partial charge on any atom is -0.378 e. The third-order valence-electron chi connectivity index (χ3n) is 4.68. The minimum absolute atomic E-state index is 0.0765. The van der Waals surface area contributed by atoms with Crippen molar-refractivity contribution in [3.05, 3.63) is 47.8 Å². The lowest BCUT2D eigenvalue weighted by molar-refractivity contribution is -0.113. The van der Waals surface area contributed by atoms with Crippen molar-refractivity contribution in [2.45, 2.75) is 12.1 Å². The molecule has 3 aromatic rings. The van der Waals surface area contributed by atoms with Crippen LogP contribution in [-0.2, 0) is 9.53 Å². The van der Waals surface area contributed by atoms with Crippen LogP contribution in [0.5, 0.6) is 0 Å². The molecule has 0 radical (unpaired) electrons. The summed E-state index contributed by atoms with van der Waals surface area (Å²) in [4.78, 5) is 32.7. The summed E-state index contributed by atoms with van der Waals surface area (Å²) in [6.07, 6.45) is 1.40. The van der Waals surface area contributed by atoms with E-state index in [2.05, 4.69) is 20.5 Å². The predicted molar refractivity (Wildman–Crippen MR) is 117 cm³/mol. The van der Waals surface area contributed by atoms with Crippen molar-refractivity contribution in [2.75, 3.05) is 37.4 Å². The molecule has 1 saturated heterocycles. The topological polar surface area (TPSA) is 100 Å². The van der Waals surface area contributed by atoms with Crippen molar-refractivity contribution < 1.29 is 14.3 Å². The van der Waals surface area contributed by atoms with E-state index in [1.165, 1.54) is 29.4 Å². The smallest absolute Gasteiger partial charge is 0.257 e. The Labute approximate surface area is 182 Å². The lowest BCUT2D eigenvalue weighted by atomic mass is 10.1. The number of hydrogen-bond acceptors (Lipinski definition) is 7. The molecule has 2 N–H and O–H groups in total. The number of ether oxygens (including phenoxy) is 1.